The number of nitrogens with two attached hydrogens (primary N) is 2. The Kier molecular flexibility index (Phi) is 5.27. The molecule has 0 saturated heterocycles. The van der Waals surface area contributed by atoms with Crippen LogP contribution in [0.1, 0.15) is 57.9 Å². The summed E-state index contributed by atoms with van der Waals surface area (Å²) in [6, 6.07) is 8.09. The highest BCUT2D eigenvalue weighted by Gasteiger charge is 2.40. The van der Waals surface area contributed by atoms with Crippen molar-refractivity contribution in [3.05, 3.63) is 58.1 Å². The van der Waals surface area contributed by atoms with Crippen molar-refractivity contribution in [1.82, 2.24) is 14.9 Å². The smallest absolute Gasteiger partial charge is 0.286 e. The number of hydrogen-bond donors (Lipinski definition) is 2. The summed E-state index contributed by atoms with van der Waals surface area (Å²) in [6.45, 7) is 1.14. The Morgan fingerprint density at radius 3 is 2.72 bits per heavy atom. The second kappa shape index (κ2) is 7.72. The van der Waals surface area contributed by atoms with E-state index in [0.717, 1.165) is 30.7 Å². The van der Waals surface area contributed by atoms with Crippen molar-refractivity contribution in [2.45, 2.75) is 43.6 Å². The minimum Gasteiger partial charge on any atom is -0.363 e. The molecule has 152 valence electrons. The number of halogens is 1. The Morgan fingerprint density at radius 2 is 2.07 bits per heavy atom. The van der Waals surface area contributed by atoms with Crippen LogP contribution in [0, 0.1) is 0 Å². The van der Waals surface area contributed by atoms with Gasteiger partial charge in [0.15, 0.2) is 0 Å². The highest BCUT2D eigenvalue weighted by Crippen LogP contribution is 2.41. The largest absolute Gasteiger partial charge is 0.363 e. The molecule has 0 spiro atoms. The molecule has 1 aliphatic heterocycles. The van der Waals surface area contributed by atoms with Gasteiger partial charge in [0.1, 0.15) is 0 Å². The van der Waals surface area contributed by atoms with Crippen molar-refractivity contribution in [3.63, 3.8) is 0 Å². The van der Waals surface area contributed by atoms with Crippen LogP contribution < -0.4 is 11.5 Å². The molecular weight excluding hydrogens is 390 g/mol. The van der Waals surface area contributed by atoms with Crippen LogP contribution >= 0.6 is 11.6 Å². The zero-order valence-corrected chi connectivity index (χ0v) is 16.9. The molecule has 2 aliphatic rings. The fraction of sp³-hybridized carbons (Fsp3) is 0.429. The lowest BCUT2D eigenvalue weighted by atomic mass is 9.68. The zero-order chi connectivity index (χ0) is 20.6. The lowest BCUT2D eigenvalue weighted by Gasteiger charge is -2.44. The zero-order valence-electron chi connectivity index (χ0n) is 16.1. The molecule has 2 amide bonds. The van der Waals surface area contributed by atoms with Crippen LogP contribution in [0.15, 0.2) is 30.5 Å². The average Bonchev–Trinajstić information content (AvgIpc) is 2.74. The Morgan fingerprint density at radius 1 is 1.31 bits per heavy atom. The van der Waals surface area contributed by atoms with Crippen molar-refractivity contribution >= 4 is 23.4 Å². The molecule has 1 aromatic carbocycles. The van der Waals surface area contributed by atoms with E-state index in [1.54, 1.807) is 0 Å². The number of rotatable bonds is 4. The van der Waals surface area contributed by atoms with E-state index in [4.69, 9.17) is 23.1 Å². The number of amides is 2. The van der Waals surface area contributed by atoms with E-state index in [-0.39, 0.29) is 23.2 Å². The third-order valence-corrected chi connectivity index (χ3v) is 6.58. The van der Waals surface area contributed by atoms with E-state index >= 15 is 0 Å². The lowest BCUT2D eigenvalue weighted by molar-refractivity contribution is 0.0571. The molecule has 2 aromatic rings. The van der Waals surface area contributed by atoms with Crippen LogP contribution in [0.5, 0.6) is 0 Å². The molecule has 29 heavy (non-hydrogen) atoms. The molecule has 0 atom stereocenters. The fourth-order valence-corrected chi connectivity index (χ4v) is 4.82. The topological polar surface area (TPSA) is 115 Å². The van der Waals surface area contributed by atoms with Gasteiger partial charge in [-0.25, -0.2) is 9.97 Å². The van der Waals surface area contributed by atoms with Crippen molar-refractivity contribution in [3.8, 4) is 0 Å². The number of fused-ring (bicyclic) bond motifs is 1. The van der Waals surface area contributed by atoms with Crippen LogP contribution in [0.4, 0.5) is 0 Å². The quantitative estimate of drug-likeness (QED) is 0.796. The Balaban J connectivity index is 1.50. The number of carbonyl (C=O) groups excluding carboxylic acids is 2. The second-order valence-corrected chi connectivity index (χ2v) is 8.33. The van der Waals surface area contributed by atoms with Gasteiger partial charge >= 0.3 is 0 Å². The molecule has 1 fully saturated rings. The molecular formula is C21H24ClN5O2. The third-order valence-electron chi connectivity index (χ3n) is 6.35. The van der Waals surface area contributed by atoms with E-state index in [2.05, 4.69) is 16.0 Å². The van der Waals surface area contributed by atoms with Crippen molar-refractivity contribution in [2.75, 3.05) is 13.1 Å². The van der Waals surface area contributed by atoms with Gasteiger partial charge in [-0.1, -0.05) is 23.7 Å². The van der Waals surface area contributed by atoms with Gasteiger partial charge in [0.2, 0.25) is 5.82 Å². The van der Waals surface area contributed by atoms with Crippen molar-refractivity contribution in [1.29, 1.82) is 0 Å². The summed E-state index contributed by atoms with van der Waals surface area (Å²) in [7, 11) is 0. The standard InChI is InChI=1S/C21H24ClN5O2/c22-14-3-1-2-13(10-14)21(12-23)7-4-15(5-8-21)27-9-6-17-16(20(27)29)11-25-19(26-17)18(24)28/h1-3,10-11,15H,4-9,12,23H2,(H2,24,28). The van der Waals surface area contributed by atoms with Gasteiger partial charge in [-0.2, -0.15) is 0 Å². The molecule has 0 unspecified atom stereocenters. The number of primary amides is 1. The third kappa shape index (κ3) is 3.60. The maximum Gasteiger partial charge on any atom is 0.286 e. The van der Waals surface area contributed by atoms with Crippen molar-refractivity contribution < 1.29 is 9.59 Å². The minimum atomic E-state index is -0.686. The first kappa shape index (κ1) is 19.8. The summed E-state index contributed by atoms with van der Waals surface area (Å²) in [5.41, 5.74) is 13.6. The Labute approximate surface area is 174 Å². The maximum absolute atomic E-state index is 13.0. The molecule has 7 nitrogen and oxygen atoms in total. The van der Waals surface area contributed by atoms with Gasteiger partial charge < -0.3 is 16.4 Å². The van der Waals surface area contributed by atoms with Crippen LogP contribution in [-0.4, -0.2) is 45.8 Å². The van der Waals surface area contributed by atoms with E-state index in [1.807, 2.05) is 23.1 Å². The first-order valence-electron chi connectivity index (χ1n) is 9.86. The van der Waals surface area contributed by atoms with Crippen molar-refractivity contribution in [2.24, 2.45) is 11.5 Å². The Bertz CT molecular complexity index is 956. The van der Waals surface area contributed by atoms with E-state index in [0.29, 0.717) is 30.8 Å². The summed E-state index contributed by atoms with van der Waals surface area (Å²) >= 11 is 6.20. The van der Waals surface area contributed by atoms with Gasteiger partial charge in [0.25, 0.3) is 11.8 Å². The predicted octanol–water partition coefficient (Wildman–Crippen LogP) is 2.07. The van der Waals surface area contributed by atoms with Crippen LogP contribution in [0.25, 0.3) is 0 Å². The van der Waals surface area contributed by atoms with Gasteiger partial charge in [-0.3, -0.25) is 9.59 Å². The highest BCUT2D eigenvalue weighted by atomic mass is 35.5. The molecule has 4 N–H and O–H groups in total. The van der Waals surface area contributed by atoms with Gasteiger partial charge in [0, 0.05) is 42.2 Å². The Hall–Kier alpha value is -2.51. The highest BCUT2D eigenvalue weighted by molar-refractivity contribution is 6.30. The lowest BCUT2D eigenvalue weighted by Crippen LogP contribution is -2.50. The number of nitrogens with zero attached hydrogens (tertiary/aromatic N) is 3. The van der Waals surface area contributed by atoms with E-state index in [9.17, 15) is 9.59 Å². The maximum atomic E-state index is 13.0. The molecule has 0 radical (unpaired) electrons. The molecule has 8 heteroatoms. The number of hydrogen-bond acceptors (Lipinski definition) is 5. The summed E-state index contributed by atoms with van der Waals surface area (Å²) in [5.74, 6) is -0.804. The normalized spacial score (nSPS) is 24.3. The fourth-order valence-electron chi connectivity index (χ4n) is 4.63. The average molecular weight is 414 g/mol. The van der Waals surface area contributed by atoms with Crippen LogP contribution in [0.2, 0.25) is 5.02 Å². The SMILES string of the molecule is NCC1(c2cccc(Cl)c2)CCC(N2CCc3nc(C(N)=O)ncc3C2=O)CC1. The van der Waals surface area contributed by atoms with E-state index in [1.165, 1.54) is 11.8 Å². The van der Waals surface area contributed by atoms with Gasteiger partial charge in [0.05, 0.1) is 11.3 Å². The summed E-state index contributed by atoms with van der Waals surface area (Å²) in [5, 5.41) is 0.718. The predicted molar refractivity (Wildman–Crippen MR) is 110 cm³/mol. The second-order valence-electron chi connectivity index (χ2n) is 7.89. The molecule has 2 heterocycles. The summed E-state index contributed by atoms with van der Waals surface area (Å²) in [6.07, 6.45) is 5.59. The number of benzene rings is 1. The monoisotopic (exact) mass is 413 g/mol. The molecule has 1 aromatic heterocycles. The van der Waals surface area contributed by atoms with Gasteiger partial charge in [-0.05, 0) is 43.4 Å². The molecule has 0 bridgehead atoms. The minimum absolute atomic E-state index is 0.0445. The molecule has 1 aliphatic carbocycles. The summed E-state index contributed by atoms with van der Waals surface area (Å²) < 4.78 is 0. The first-order chi connectivity index (χ1) is 13.9. The number of aromatic nitrogens is 2. The van der Waals surface area contributed by atoms with Crippen LogP contribution in [-0.2, 0) is 11.8 Å². The van der Waals surface area contributed by atoms with Crippen LogP contribution in [0.3, 0.4) is 0 Å². The first-order valence-corrected chi connectivity index (χ1v) is 10.2. The van der Waals surface area contributed by atoms with E-state index < -0.39 is 5.91 Å². The molecule has 1 saturated carbocycles. The summed E-state index contributed by atoms with van der Waals surface area (Å²) in [4.78, 5) is 34.4. The van der Waals surface area contributed by atoms with Gasteiger partial charge in [-0.15, -0.1) is 0 Å². The molecule has 4 rings (SSSR count). The number of carbonyl (C=O) groups is 2.